The van der Waals surface area contributed by atoms with Gasteiger partial charge in [0.25, 0.3) is 5.91 Å². The number of nitrogens with two attached hydrogens (primary N) is 1. The van der Waals surface area contributed by atoms with E-state index in [2.05, 4.69) is 26.3 Å². The molecule has 0 fully saturated rings. The summed E-state index contributed by atoms with van der Waals surface area (Å²) in [4.78, 5) is 11.4. The first-order valence-corrected chi connectivity index (χ1v) is 7.54. The lowest BCUT2D eigenvalue weighted by Crippen LogP contribution is -2.35. The molecule has 2 atom stereocenters. The number of carbonyl (C=O) groups excluding carboxylic acids is 1. The zero-order chi connectivity index (χ0) is 16.8. The molecule has 23 heavy (non-hydrogen) atoms. The molecule has 122 valence electrons. The third-order valence-corrected chi connectivity index (χ3v) is 4.48. The van der Waals surface area contributed by atoms with Crippen LogP contribution < -0.4 is 11.1 Å². The lowest BCUT2D eigenvalue weighted by Gasteiger charge is -2.33. The van der Waals surface area contributed by atoms with Gasteiger partial charge in [-0.25, -0.2) is 4.68 Å². The van der Waals surface area contributed by atoms with Gasteiger partial charge < -0.3 is 11.1 Å². The summed E-state index contributed by atoms with van der Waals surface area (Å²) in [5.74, 6) is -0.793. The lowest BCUT2D eigenvalue weighted by atomic mass is 9.97. The van der Waals surface area contributed by atoms with Crippen LogP contribution in [0.4, 0.5) is 19.0 Å². The molecule has 1 aliphatic rings. The number of anilines is 1. The number of primary amides is 1. The van der Waals surface area contributed by atoms with Gasteiger partial charge in [0.1, 0.15) is 5.82 Å². The number of alkyl halides is 3. The van der Waals surface area contributed by atoms with Gasteiger partial charge in [-0.15, -0.1) is 0 Å². The standard InChI is InChI=1S/C14H12BrF3N4O/c15-10-11(12(19)23)21-22-9(14(16,17)18)6-8(20-13(10)22)7-4-2-1-3-5-7/h1-5,8-9,20H,6H2,(H2,19,23)/t8-,9-/m0/s1. The average Bonchev–Trinajstić information content (AvgIpc) is 2.84. The van der Waals surface area contributed by atoms with Crippen LogP contribution in [0, 0.1) is 0 Å². The van der Waals surface area contributed by atoms with E-state index in [4.69, 9.17) is 5.73 Å². The molecule has 1 amide bonds. The third-order valence-electron chi connectivity index (χ3n) is 3.73. The predicted molar refractivity (Wildman–Crippen MR) is 81.0 cm³/mol. The number of nitrogens with one attached hydrogen (secondary N) is 1. The third kappa shape index (κ3) is 2.80. The maximum atomic E-state index is 13.4. The molecule has 2 heterocycles. The highest BCUT2D eigenvalue weighted by Crippen LogP contribution is 2.46. The minimum absolute atomic E-state index is 0.0984. The SMILES string of the molecule is NC(=O)c1nn2c(c1Br)N[C@H](c1ccccc1)C[C@H]2C(F)(F)F. The van der Waals surface area contributed by atoms with Crippen LogP contribution in [0.5, 0.6) is 0 Å². The number of nitrogens with zero attached hydrogens (tertiary/aromatic N) is 2. The first-order valence-electron chi connectivity index (χ1n) is 6.75. The zero-order valence-corrected chi connectivity index (χ0v) is 13.2. The fourth-order valence-corrected chi connectivity index (χ4v) is 3.22. The highest BCUT2D eigenvalue weighted by molar-refractivity contribution is 9.10. The number of amides is 1. The molecule has 0 aliphatic carbocycles. The van der Waals surface area contributed by atoms with Gasteiger partial charge >= 0.3 is 6.18 Å². The van der Waals surface area contributed by atoms with E-state index in [1.165, 1.54) is 0 Å². The first kappa shape index (κ1) is 15.9. The van der Waals surface area contributed by atoms with E-state index >= 15 is 0 Å². The Morgan fingerprint density at radius 1 is 1.35 bits per heavy atom. The van der Waals surface area contributed by atoms with Crippen LogP contribution in [0.15, 0.2) is 34.8 Å². The second kappa shape index (κ2) is 5.55. The van der Waals surface area contributed by atoms with E-state index in [0.717, 1.165) is 10.2 Å². The Labute approximate surface area is 137 Å². The molecule has 0 bridgehead atoms. The maximum absolute atomic E-state index is 13.4. The van der Waals surface area contributed by atoms with Crippen molar-refractivity contribution in [3.63, 3.8) is 0 Å². The largest absolute Gasteiger partial charge is 0.410 e. The van der Waals surface area contributed by atoms with Gasteiger partial charge in [0, 0.05) is 6.42 Å². The molecule has 1 aromatic carbocycles. The fourth-order valence-electron chi connectivity index (χ4n) is 2.65. The molecule has 0 saturated carbocycles. The number of halogens is 4. The molecule has 0 unspecified atom stereocenters. The molecule has 0 spiro atoms. The Kier molecular flexibility index (Phi) is 3.83. The summed E-state index contributed by atoms with van der Waals surface area (Å²) >= 11 is 3.12. The van der Waals surface area contributed by atoms with Crippen molar-refractivity contribution in [1.82, 2.24) is 9.78 Å². The Hall–Kier alpha value is -2.03. The first-order chi connectivity index (χ1) is 10.8. The van der Waals surface area contributed by atoms with E-state index in [9.17, 15) is 18.0 Å². The van der Waals surface area contributed by atoms with Crippen molar-refractivity contribution < 1.29 is 18.0 Å². The quantitative estimate of drug-likeness (QED) is 0.827. The minimum atomic E-state index is -4.50. The molecule has 3 N–H and O–H groups in total. The molecule has 1 aliphatic heterocycles. The average molecular weight is 389 g/mol. The van der Waals surface area contributed by atoms with Gasteiger partial charge in [0.2, 0.25) is 0 Å². The van der Waals surface area contributed by atoms with Crippen molar-refractivity contribution >= 4 is 27.7 Å². The van der Waals surface area contributed by atoms with Crippen molar-refractivity contribution in [2.45, 2.75) is 24.7 Å². The van der Waals surface area contributed by atoms with Gasteiger partial charge in [0.15, 0.2) is 11.7 Å². The normalized spacial score (nSPS) is 20.7. The molecule has 3 rings (SSSR count). The summed E-state index contributed by atoms with van der Waals surface area (Å²) in [5.41, 5.74) is 5.67. The Morgan fingerprint density at radius 2 is 2.00 bits per heavy atom. The molecular formula is C14H12BrF3N4O. The van der Waals surface area contributed by atoms with Crippen LogP contribution in [0.1, 0.15) is 34.6 Å². The van der Waals surface area contributed by atoms with Crippen LogP contribution in [-0.2, 0) is 0 Å². The van der Waals surface area contributed by atoms with Crippen molar-refractivity contribution in [1.29, 1.82) is 0 Å². The van der Waals surface area contributed by atoms with Crippen LogP contribution in [0.3, 0.4) is 0 Å². The van der Waals surface area contributed by atoms with Gasteiger partial charge in [-0.3, -0.25) is 4.79 Å². The fraction of sp³-hybridized carbons (Fsp3) is 0.286. The van der Waals surface area contributed by atoms with Crippen LogP contribution >= 0.6 is 15.9 Å². The zero-order valence-electron chi connectivity index (χ0n) is 11.6. The van der Waals surface area contributed by atoms with Gasteiger partial charge in [0.05, 0.1) is 10.5 Å². The number of fused-ring (bicyclic) bond motifs is 1. The lowest BCUT2D eigenvalue weighted by molar-refractivity contribution is -0.173. The number of benzene rings is 1. The predicted octanol–water partition coefficient (Wildman–Crippen LogP) is 3.40. The molecule has 0 radical (unpaired) electrons. The Bertz CT molecular complexity index is 744. The summed E-state index contributed by atoms with van der Waals surface area (Å²) in [7, 11) is 0. The van der Waals surface area contributed by atoms with Gasteiger partial charge in [-0.05, 0) is 21.5 Å². The molecule has 5 nitrogen and oxygen atoms in total. The van der Waals surface area contributed by atoms with Crippen LogP contribution in [0.25, 0.3) is 0 Å². The summed E-state index contributed by atoms with van der Waals surface area (Å²) < 4.78 is 41.2. The van der Waals surface area contributed by atoms with Crippen LogP contribution in [0.2, 0.25) is 0 Å². The number of hydrogen-bond donors (Lipinski definition) is 2. The second-order valence-corrected chi connectivity index (χ2v) is 6.01. The van der Waals surface area contributed by atoms with E-state index in [1.807, 2.05) is 0 Å². The highest BCUT2D eigenvalue weighted by Gasteiger charge is 2.47. The summed E-state index contributed by atoms with van der Waals surface area (Å²) in [6, 6.07) is 6.42. The van der Waals surface area contributed by atoms with Crippen molar-refractivity contribution in [2.24, 2.45) is 5.73 Å². The number of aromatic nitrogens is 2. The molecule has 2 aromatic rings. The Morgan fingerprint density at radius 3 is 2.57 bits per heavy atom. The summed E-state index contributed by atoms with van der Waals surface area (Å²) in [5, 5.41) is 6.74. The maximum Gasteiger partial charge on any atom is 0.410 e. The Balaban J connectivity index is 2.10. The molecular weight excluding hydrogens is 377 g/mol. The van der Waals surface area contributed by atoms with E-state index in [0.29, 0.717) is 0 Å². The van der Waals surface area contributed by atoms with Gasteiger partial charge in [-0.2, -0.15) is 18.3 Å². The monoisotopic (exact) mass is 388 g/mol. The smallest absolute Gasteiger partial charge is 0.364 e. The van der Waals surface area contributed by atoms with E-state index in [-0.39, 0.29) is 22.4 Å². The molecule has 9 heteroatoms. The minimum Gasteiger partial charge on any atom is -0.364 e. The number of rotatable bonds is 2. The van der Waals surface area contributed by atoms with Crippen LogP contribution in [-0.4, -0.2) is 21.9 Å². The summed E-state index contributed by atoms with van der Waals surface area (Å²) in [6.45, 7) is 0. The molecule has 0 saturated heterocycles. The van der Waals surface area contributed by atoms with Crippen molar-refractivity contribution in [2.75, 3.05) is 5.32 Å². The van der Waals surface area contributed by atoms with E-state index in [1.54, 1.807) is 30.3 Å². The second-order valence-electron chi connectivity index (χ2n) is 5.22. The number of hydrogen-bond acceptors (Lipinski definition) is 3. The summed E-state index contributed by atoms with van der Waals surface area (Å²) in [6.07, 6.45) is -4.73. The topological polar surface area (TPSA) is 72.9 Å². The van der Waals surface area contributed by atoms with Gasteiger partial charge in [-0.1, -0.05) is 30.3 Å². The molecule has 1 aromatic heterocycles. The van der Waals surface area contributed by atoms with Crippen molar-refractivity contribution in [3.05, 3.63) is 46.1 Å². The van der Waals surface area contributed by atoms with Crippen molar-refractivity contribution in [3.8, 4) is 0 Å². The number of carbonyl (C=O) groups is 1. The highest BCUT2D eigenvalue weighted by atomic mass is 79.9. The van der Waals surface area contributed by atoms with E-state index < -0.39 is 24.2 Å².